The Bertz CT molecular complexity index is 770. The molecule has 0 spiro atoms. The summed E-state index contributed by atoms with van der Waals surface area (Å²) in [4.78, 5) is 20.5. The number of esters is 1. The van der Waals surface area contributed by atoms with Gasteiger partial charge in [-0.3, -0.25) is 0 Å². The first-order valence-electron chi connectivity index (χ1n) is 7.26. The van der Waals surface area contributed by atoms with E-state index in [0.717, 1.165) is 0 Å². The summed E-state index contributed by atoms with van der Waals surface area (Å²) >= 11 is 9.32. The quantitative estimate of drug-likeness (QED) is 0.741. The largest absolute Gasteiger partial charge is 0.483 e. The van der Waals surface area contributed by atoms with Crippen molar-refractivity contribution in [3.05, 3.63) is 44.6 Å². The summed E-state index contributed by atoms with van der Waals surface area (Å²) in [5.74, 6) is 0.133. The molecule has 128 valence electrons. The summed E-state index contributed by atoms with van der Waals surface area (Å²) in [7, 11) is 0. The maximum absolute atomic E-state index is 12.2. The molecule has 2 aromatic rings. The fourth-order valence-corrected chi connectivity index (χ4v) is 2.96. The summed E-state index contributed by atoms with van der Waals surface area (Å²) in [6.45, 7) is 5.43. The normalized spacial score (nSPS) is 11.9. The molecule has 1 atom stereocenters. The number of ether oxygens (including phenoxy) is 2. The number of halogens is 2. The van der Waals surface area contributed by atoms with Gasteiger partial charge in [0.25, 0.3) is 0 Å². The number of aromatic nitrogens is 2. The molecular weight excluding hydrogens is 398 g/mol. The van der Waals surface area contributed by atoms with Gasteiger partial charge < -0.3 is 15.2 Å². The Hall–Kier alpha value is -1.86. The van der Waals surface area contributed by atoms with Gasteiger partial charge in [-0.15, -0.1) is 0 Å². The van der Waals surface area contributed by atoms with Crippen molar-refractivity contribution >= 4 is 39.4 Å². The average molecular weight is 415 g/mol. The van der Waals surface area contributed by atoms with Crippen LogP contribution in [0, 0.1) is 6.92 Å². The molecule has 1 heterocycles. The van der Waals surface area contributed by atoms with E-state index in [4.69, 9.17) is 26.8 Å². The van der Waals surface area contributed by atoms with Crippen LogP contribution in [-0.4, -0.2) is 22.5 Å². The Morgan fingerprint density at radius 3 is 2.75 bits per heavy atom. The number of aryl methyl sites for hydroxylation is 1. The number of hydrogen-bond donors (Lipinski definition) is 1. The molecule has 0 saturated heterocycles. The van der Waals surface area contributed by atoms with Crippen LogP contribution in [0.3, 0.4) is 0 Å². The number of rotatable bonds is 5. The summed E-state index contributed by atoms with van der Waals surface area (Å²) in [5, 5.41) is 0.580. The van der Waals surface area contributed by atoms with Crippen molar-refractivity contribution in [2.24, 2.45) is 0 Å². The first kappa shape index (κ1) is 18.5. The Kier molecular flexibility index (Phi) is 6.01. The molecule has 8 heteroatoms. The van der Waals surface area contributed by atoms with Crippen molar-refractivity contribution in [2.45, 2.75) is 26.9 Å². The lowest BCUT2D eigenvalue weighted by Crippen LogP contribution is -2.19. The van der Waals surface area contributed by atoms with Gasteiger partial charge in [0.05, 0.1) is 16.8 Å². The lowest BCUT2D eigenvalue weighted by Gasteiger charge is -2.19. The molecule has 0 saturated carbocycles. The Morgan fingerprint density at radius 2 is 2.12 bits per heavy atom. The van der Waals surface area contributed by atoms with Gasteiger partial charge in [0.15, 0.2) is 0 Å². The summed E-state index contributed by atoms with van der Waals surface area (Å²) in [6.07, 6.45) is -0.550. The molecule has 0 amide bonds. The highest BCUT2D eigenvalue weighted by atomic mass is 79.9. The van der Waals surface area contributed by atoms with Gasteiger partial charge in [-0.2, -0.15) is 0 Å². The van der Waals surface area contributed by atoms with Crippen LogP contribution in [0.25, 0.3) is 0 Å². The molecule has 1 unspecified atom stereocenters. The second-order valence-electron chi connectivity index (χ2n) is 4.98. The lowest BCUT2D eigenvalue weighted by molar-refractivity contribution is 0.0518. The zero-order valence-corrected chi connectivity index (χ0v) is 15.8. The maximum atomic E-state index is 12.2. The van der Waals surface area contributed by atoms with E-state index in [-0.39, 0.29) is 18.1 Å². The fourth-order valence-electron chi connectivity index (χ4n) is 2.18. The predicted octanol–water partition coefficient (Wildman–Crippen LogP) is 4.10. The third-order valence-electron chi connectivity index (χ3n) is 3.20. The first-order valence-corrected chi connectivity index (χ1v) is 8.43. The van der Waals surface area contributed by atoms with Gasteiger partial charge in [0.1, 0.15) is 23.1 Å². The number of benzene rings is 1. The number of carbonyl (C=O) groups excluding carboxylic acids is 1. The Labute approximate surface area is 153 Å². The molecule has 2 rings (SSSR count). The van der Waals surface area contributed by atoms with Gasteiger partial charge in [-0.25, -0.2) is 14.8 Å². The molecule has 0 aliphatic rings. The van der Waals surface area contributed by atoms with Crippen molar-refractivity contribution in [1.29, 1.82) is 0 Å². The molecule has 0 aliphatic carbocycles. The fraction of sp³-hybridized carbons (Fsp3) is 0.312. The van der Waals surface area contributed by atoms with Crippen LogP contribution in [0.5, 0.6) is 5.75 Å². The standard InChI is InChI=1S/C16H17BrClN3O3/c1-4-23-15(22)13-8(2)20-16(19)21-14(13)9(3)24-12-6-5-10(18)7-11(12)17/h5-7,9H,4H2,1-3H3,(H2,19,20,21). The minimum atomic E-state index is -0.550. The van der Waals surface area contributed by atoms with Crippen LogP contribution in [0.15, 0.2) is 22.7 Å². The van der Waals surface area contributed by atoms with Gasteiger partial charge >= 0.3 is 5.97 Å². The molecule has 0 bridgehead atoms. The number of carbonyl (C=O) groups is 1. The topological polar surface area (TPSA) is 87.3 Å². The monoisotopic (exact) mass is 413 g/mol. The molecule has 0 fully saturated rings. The molecule has 0 radical (unpaired) electrons. The molecular formula is C16H17BrClN3O3. The highest BCUT2D eigenvalue weighted by molar-refractivity contribution is 9.10. The summed E-state index contributed by atoms with van der Waals surface area (Å²) < 4.78 is 11.7. The molecule has 6 nitrogen and oxygen atoms in total. The third kappa shape index (κ3) is 4.15. The van der Waals surface area contributed by atoms with E-state index in [9.17, 15) is 4.79 Å². The Balaban J connectivity index is 2.40. The zero-order valence-electron chi connectivity index (χ0n) is 13.5. The van der Waals surface area contributed by atoms with Crippen LogP contribution < -0.4 is 10.5 Å². The van der Waals surface area contributed by atoms with E-state index in [1.807, 2.05) is 0 Å². The van der Waals surface area contributed by atoms with Gasteiger partial charge in [-0.05, 0) is 54.9 Å². The second-order valence-corrected chi connectivity index (χ2v) is 6.27. The molecule has 0 aliphatic heterocycles. The number of nitrogens with two attached hydrogens (primary N) is 1. The van der Waals surface area contributed by atoms with Crippen LogP contribution in [0.2, 0.25) is 5.02 Å². The van der Waals surface area contributed by atoms with Crippen molar-refractivity contribution < 1.29 is 14.3 Å². The summed E-state index contributed by atoms with van der Waals surface area (Å²) in [6, 6.07) is 5.15. The van der Waals surface area contributed by atoms with Crippen molar-refractivity contribution in [1.82, 2.24) is 9.97 Å². The third-order valence-corrected chi connectivity index (χ3v) is 4.05. The van der Waals surface area contributed by atoms with E-state index in [1.165, 1.54) is 0 Å². The zero-order chi connectivity index (χ0) is 17.9. The van der Waals surface area contributed by atoms with E-state index >= 15 is 0 Å². The average Bonchev–Trinajstić information content (AvgIpc) is 2.49. The molecule has 2 N–H and O–H groups in total. The number of nitrogen functional groups attached to an aromatic ring is 1. The van der Waals surface area contributed by atoms with E-state index in [1.54, 1.807) is 39.0 Å². The molecule has 24 heavy (non-hydrogen) atoms. The van der Waals surface area contributed by atoms with E-state index < -0.39 is 12.1 Å². The number of hydrogen-bond acceptors (Lipinski definition) is 6. The van der Waals surface area contributed by atoms with Crippen LogP contribution in [0.1, 0.15) is 41.7 Å². The smallest absolute Gasteiger partial charge is 0.342 e. The molecule has 1 aromatic heterocycles. The molecule has 1 aromatic carbocycles. The van der Waals surface area contributed by atoms with Gasteiger partial charge in [-0.1, -0.05) is 11.6 Å². The lowest BCUT2D eigenvalue weighted by atomic mass is 10.1. The first-order chi connectivity index (χ1) is 11.3. The van der Waals surface area contributed by atoms with E-state index in [2.05, 4.69) is 25.9 Å². The Morgan fingerprint density at radius 1 is 1.42 bits per heavy atom. The van der Waals surface area contributed by atoms with Gasteiger partial charge in [0, 0.05) is 5.02 Å². The van der Waals surface area contributed by atoms with Crippen LogP contribution in [-0.2, 0) is 4.74 Å². The predicted molar refractivity (Wildman–Crippen MR) is 95.3 cm³/mol. The minimum Gasteiger partial charge on any atom is -0.483 e. The minimum absolute atomic E-state index is 0.0705. The van der Waals surface area contributed by atoms with Crippen molar-refractivity contribution in [3.63, 3.8) is 0 Å². The van der Waals surface area contributed by atoms with E-state index in [0.29, 0.717) is 26.6 Å². The summed E-state index contributed by atoms with van der Waals surface area (Å²) in [5.41, 5.74) is 6.82. The van der Waals surface area contributed by atoms with Crippen LogP contribution in [0.4, 0.5) is 5.95 Å². The maximum Gasteiger partial charge on any atom is 0.342 e. The van der Waals surface area contributed by atoms with Crippen molar-refractivity contribution in [2.75, 3.05) is 12.3 Å². The highest BCUT2D eigenvalue weighted by Gasteiger charge is 2.24. The van der Waals surface area contributed by atoms with Gasteiger partial charge in [0.2, 0.25) is 5.95 Å². The second kappa shape index (κ2) is 7.81. The van der Waals surface area contributed by atoms with Crippen molar-refractivity contribution in [3.8, 4) is 5.75 Å². The van der Waals surface area contributed by atoms with Crippen LogP contribution >= 0.6 is 27.5 Å². The number of anilines is 1. The number of nitrogens with zero attached hydrogens (tertiary/aromatic N) is 2. The SMILES string of the molecule is CCOC(=O)c1c(C)nc(N)nc1C(C)Oc1ccc(Cl)cc1Br. The highest BCUT2D eigenvalue weighted by Crippen LogP contribution is 2.32.